The summed E-state index contributed by atoms with van der Waals surface area (Å²) in [6.07, 6.45) is 8.31. The molecule has 2 heterocycles. The Labute approximate surface area is 503 Å². The molecule has 6 aromatic rings. The van der Waals surface area contributed by atoms with Crippen molar-refractivity contribution in [2.24, 2.45) is 11.8 Å². The summed E-state index contributed by atoms with van der Waals surface area (Å²) in [5.41, 5.74) is 2.59. The summed E-state index contributed by atoms with van der Waals surface area (Å²) in [6, 6.07) is 33.3. The number of nitrogens with one attached hydrogen (secondary N) is 4. The first-order valence-electron chi connectivity index (χ1n) is 29.4. The van der Waals surface area contributed by atoms with Gasteiger partial charge in [-0.3, -0.25) is 38.4 Å². The number of carbonyl (C=O) groups is 6. The van der Waals surface area contributed by atoms with Crippen molar-refractivity contribution >= 4 is 44.7 Å². The summed E-state index contributed by atoms with van der Waals surface area (Å²) in [6.45, 7) is 11.9. The zero-order chi connectivity index (χ0) is 61.6. The molecule has 0 aliphatic heterocycles. The highest BCUT2D eigenvalue weighted by Crippen LogP contribution is 2.39. The third-order valence-electron chi connectivity index (χ3n) is 14.0. The van der Waals surface area contributed by atoms with Gasteiger partial charge in [-0.1, -0.05) is 127 Å². The van der Waals surface area contributed by atoms with Gasteiger partial charge in [0.2, 0.25) is 24.6 Å². The SMILES string of the molecule is CCCCC[C@@H](C(=O)NCNC(=O)c1ccc(-c2cc(OCC)cc(O[PH](=O)Oc3cc(OCC)cc(-c4ccc(C(=O)NCNC(=O)[C@H](CCCCC)[C@@H](CC)N(C=O)OCc5ccccc5)o4)c3)c2)o1)[C@@H](CC)N(C=O)OCc1ccccc1. The van der Waals surface area contributed by atoms with E-state index >= 15 is 0 Å². The molecule has 4 N–H and O–H groups in total. The first-order chi connectivity index (χ1) is 41.8. The number of ether oxygens (including phenoxy) is 2. The Balaban J connectivity index is 1.06. The number of benzene rings is 4. The van der Waals surface area contributed by atoms with Crippen LogP contribution in [-0.4, -0.2) is 85.2 Å². The molecule has 0 aliphatic rings. The van der Waals surface area contributed by atoms with E-state index in [0.29, 0.717) is 61.1 Å². The van der Waals surface area contributed by atoms with Crippen molar-refractivity contribution in [3.63, 3.8) is 0 Å². The van der Waals surface area contributed by atoms with Crippen molar-refractivity contribution in [2.75, 3.05) is 26.6 Å². The number of hydrogen-bond donors (Lipinski definition) is 4. The lowest BCUT2D eigenvalue weighted by Crippen LogP contribution is -2.48. The summed E-state index contributed by atoms with van der Waals surface area (Å²) >= 11 is 0. The van der Waals surface area contributed by atoms with Crippen LogP contribution < -0.4 is 39.8 Å². The summed E-state index contributed by atoms with van der Waals surface area (Å²) in [4.78, 5) is 90.6. The van der Waals surface area contributed by atoms with Crippen LogP contribution in [0.2, 0.25) is 0 Å². The maximum Gasteiger partial charge on any atom is 0.418 e. The van der Waals surface area contributed by atoms with Crippen LogP contribution in [0.1, 0.15) is 138 Å². The van der Waals surface area contributed by atoms with Gasteiger partial charge in [0.05, 0.1) is 50.5 Å². The van der Waals surface area contributed by atoms with Gasteiger partial charge in [-0.2, -0.15) is 0 Å². The summed E-state index contributed by atoms with van der Waals surface area (Å²) < 4.78 is 48.9. The van der Waals surface area contributed by atoms with Crippen LogP contribution in [0.25, 0.3) is 22.6 Å². The molecule has 0 aliphatic carbocycles. The minimum absolute atomic E-state index is 0.0565. The highest BCUT2D eigenvalue weighted by Gasteiger charge is 2.34. The lowest BCUT2D eigenvalue weighted by atomic mass is 9.90. The van der Waals surface area contributed by atoms with E-state index in [2.05, 4.69) is 35.1 Å². The van der Waals surface area contributed by atoms with Crippen LogP contribution in [0.15, 0.2) is 130 Å². The molecule has 4 aromatic carbocycles. The van der Waals surface area contributed by atoms with Gasteiger partial charge in [-0.15, -0.1) is 0 Å². The van der Waals surface area contributed by atoms with Gasteiger partial charge >= 0.3 is 8.25 Å². The third-order valence-corrected chi connectivity index (χ3v) is 14.8. The predicted molar refractivity (Wildman–Crippen MR) is 324 cm³/mol. The molecule has 0 spiro atoms. The topological polar surface area (TPSA) is 256 Å². The van der Waals surface area contributed by atoms with Crippen LogP contribution in [-0.2, 0) is 46.6 Å². The van der Waals surface area contributed by atoms with E-state index in [0.717, 1.165) is 49.7 Å². The quantitative estimate of drug-likeness (QED) is 0.00917. The van der Waals surface area contributed by atoms with Crippen LogP contribution in [0, 0.1) is 11.8 Å². The number of amides is 6. The summed E-state index contributed by atoms with van der Waals surface area (Å²) in [5, 5.41) is 13.4. The Bertz CT molecular complexity index is 2900. The van der Waals surface area contributed by atoms with Gasteiger partial charge in [0, 0.05) is 23.3 Å². The Hall–Kier alpha value is -8.39. The average molecular weight is 1210 g/mol. The molecule has 0 unspecified atom stereocenters. The molecular weight excluding hydrogens is 1120 g/mol. The molecule has 0 bridgehead atoms. The van der Waals surface area contributed by atoms with Crippen molar-refractivity contribution < 1.29 is 70.4 Å². The van der Waals surface area contributed by atoms with Crippen molar-refractivity contribution in [2.45, 2.75) is 131 Å². The number of nitrogens with zero attached hydrogens (tertiary/aromatic N) is 2. The molecule has 0 fully saturated rings. The molecular formula is C64H81N6O15P. The van der Waals surface area contributed by atoms with Crippen LogP contribution >= 0.6 is 8.25 Å². The van der Waals surface area contributed by atoms with E-state index in [9.17, 15) is 33.3 Å². The molecule has 0 saturated heterocycles. The highest BCUT2D eigenvalue weighted by atomic mass is 31.1. The highest BCUT2D eigenvalue weighted by molar-refractivity contribution is 7.34. The Morgan fingerprint density at radius 2 is 0.907 bits per heavy atom. The molecule has 2 aromatic heterocycles. The summed E-state index contributed by atoms with van der Waals surface area (Å²) in [7, 11) is -3.36. The number of hydroxylamine groups is 4. The lowest BCUT2D eigenvalue weighted by molar-refractivity contribution is -0.200. The molecule has 22 heteroatoms. The van der Waals surface area contributed by atoms with E-state index < -0.39 is 44.0 Å². The van der Waals surface area contributed by atoms with Crippen molar-refractivity contribution in [3.05, 3.63) is 144 Å². The fraction of sp³-hybridized carbons (Fsp3) is 0.406. The molecule has 6 rings (SSSR count). The summed E-state index contributed by atoms with van der Waals surface area (Å²) in [5.74, 6) is -1.83. The second-order valence-electron chi connectivity index (χ2n) is 20.1. The largest absolute Gasteiger partial charge is 0.494 e. The third kappa shape index (κ3) is 20.4. The zero-order valence-electron chi connectivity index (χ0n) is 49.8. The average Bonchev–Trinajstić information content (AvgIpc) is 4.15. The van der Waals surface area contributed by atoms with Gasteiger partial charge in [-0.25, -0.2) is 14.7 Å². The van der Waals surface area contributed by atoms with E-state index in [1.165, 1.54) is 34.4 Å². The fourth-order valence-corrected chi connectivity index (χ4v) is 10.4. The van der Waals surface area contributed by atoms with Crippen molar-refractivity contribution in [1.29, 1.82) is 0 Å². The van der Waals surface area contributed by atoms with Crippen LogP contribution in [0.5, 0.6) is 23.0 Å². The lowest BCUT2D eigenvalue weighted by Gasteiger charge is -2.32. The second kappa shape index (κ2) is 35.8. The van der Waals surface area contributed by atoms with Gasteiger partial charge in [0.1, 0.15) is 47.7 Å². The molecule has 0 saturated carbocycles. The van der Waals surface area contributed by atoms with E-state index in [4.69, 9.17) is 37.0 Å². The Morgan fingerprint density at radius 1 is 0.512 bits per heavy atom. The first-order valence-corrected chi connectivity index (χ1v) is 30.7. The van der Waals surface area contributed by atoms with E-state index in [1.54, 1.807) is 50.2 Å². The number of hydrogen-bond acceptors (Lipinski definition) is 15. The molecule has 86 heavy (non-hydrogen) atoms. The van der Waals surface area contributed by atoms with Gasteiger partial charge < -0.3 is 48.6 Å². The molecule has 4 atom stereocenters. The zero-order valence-corrected chi connectivity index (χ0v) is 50.8. The van der Waals surface area contributed by atoms with Crippen molar-refractivity contribution in [3.8, 4) is 45.6 Å². The normalized spacial score (nSPS) is 12.5. The molecule has 462 valence electrons. The maximum atomic E-state index is 13.7. The Morgan fingerprint density at radius 3 is 1.27 bits per heavy atom. The monoisotopic (exact) mass is 1200 g/mol. The van der Waals surface area contributed by atoms with Gasteiger partial charge in [-0.05, 0) is 99.2 Å². The number of unbranched alkanes of at least 4 members (excludes halogenated alkanes) is 4. The Kier molecular flexibility index (Phi) is 27.8. The molecule has 21 nitrogen and oxygen atoms in total. The van der Waals surface area contributed by atoms with Crippen molar-refractivity contribution in [1.82, 2.24) is 31.4 Å². The molecule has 0 radical (unpaired) electrons. The van der Waals surface area contributed by atoms with E-state index in [-0.39, 0.29) is 86.1 Å². The first kappa shape index (κ1) is 66.7. The smallest absolute Gasteiger partial charge is 0.418 e. The number of furan rings is 2. The predicted octanol–water partition coefficient (Wildman–Crippen LogP) is 11.6. The maximum absolute atomic E-state index is 13.7. The number of carbonyl (C=O) groups excluding carboxylic acids is 6. The second-order valence-corrected chi connectivity index (χ2v) is 21.0. The van der Waals surface area contributed by atoms with Crippen LogP contribution in [0.4, 0.5) is 0 Å². The minimum atomic E-state index is -3.36. The van der Waals surface area contributed by atoms with Gasteiger partial charge in [0.15, 0.2) is 11.5 Å². The fourth-order valence-electron chi connectivity index (χ4n) is 9.71. The number of rotatable bonds is 40. The van der Waals surface area contributed by atoms with Gasteiger partial charge in [0.25, 0.3) is 11.8 Å². The standard InChI is InChI=1S/C64H81N6O15P/c1-7-13-17-27-53(55(9-3)69(43-71)80-39-45-23-19-15-20-24-45)61(73)65-41-67-63(75)59-31-29-57(82-59)47-33-49(78-11-5)37-51(35-47)84-86(77)85-52-36-48(34-50(38-52)79-12-6)58-30-32-60(83-58)64(76)68-42-66-62(74)54(28-18-14-8-2)56(10-4)70(44-72)81-40-46-25-21-16-22-26-46/h15-16,19-26,29-38,43-44,53-56,86H,7-14,17-18,27-28,39-42H2,1-6H3,(H,65,73)(H,66,74)(H,67,75)(H,68,76)/t53-,54-,55-,56-/m1/s1. The van der Waals surface area contributed by atoms with E-state index in [1.807, 2.05) is 74.5 Å². The molecule has 6 amide bonds. The van der Waals surface area contributed by atoms with Crippen LogP contribution in [0.3, 0.4) is 0 Å². The minimum Gasteiger partial charge on any atom is -0.494 e.